The Bertz CT molecular complexity index is 894. The number of nitrogens with zero attached hydrogens (tertiary/aromatic N) is 2. The Labute approximate surface area is 153 Å². The molecule has 1 heterocycles. The van der Waals surface area contributed by atoms with E-state index in [2.05, 4.69) is 37.9 Å². The molecule has 6 nitrogen and oxygen atoms in total. The van der Waals surface area contributed by atoms with Gasteiger partial charge in [0.25, 0.3) is 0 Å². The van der Waals surface area contributed by atoms with E-state index in [9.17, 15) is 4.79 Å². The molecule has 0 spiro atoms. The van der Waals surface area contributed by atoms with Crippen LogP contribution in [0.1, 0.15) is 39.9 Å². The lowest BCUT2D eigenvalue weighted by molar-refractivity contribution is 0.249. The van der Waals surface area contributed by atoms with E-state index in [1.165, 1.54) is 5.56 Å². The first-order chi connectivity index (χ1) is 12.4. The Hall–Kier alpha value is -3.15. The molecule has 0 aliphatic carbocycles. The van der Waals surface area contributed by atoms with Gasteiger partial charge in [0.05, 0.1) is 0 Å². The Morgan fingerprint density at radius 3 is 2.27 bits per heavy atom. The van der Waals surface area contributed by atoms with Gasteiger partial charge in [-0.05, 0) is 44.4 Å². The number of amides is 2. The zero-order valence-electron chi connectivity index (χ0n) is 15.4. The molecule has 0 radical (unpaired) electrons. The van der Waals surface area contributed by atoms with Gasteiger partial charge in [-0.15, -0.1) is 0 Å². The monoisotopic (exact) mass is 349 g/mol. The van der Waals surface area contributed by atoms with E-state index in [0.717, 1.165) is 22.4 Å². The highest BCUT2D eigenvalue weighted by Crippen LogP contribution is 2.23. The number of aryl methyl sites for hydroxylation is 4. The molecule has 0 bridgehead atoms. The van der Waals surface area contributed by atoms with Crippen LogP contribution in [0.3, 0.4) is 0 Å². The Morgan fingerprint density at radius 2 is 1.69 bits per heavy atom. The van der Waals surface area contributed by atoms with Crippen LogP contribution in [-0.2, 0) is 0 Å². The molecule has 0 unspecified atom stereocenters. The highest BCUT2D eigenvalue weighted by atomic mass is 16.2. The molecule has 0 saturated heterocycles. The number of aromatic amines is 1. The van der Waals surface area contributed by atoms with Crippen molar-refractivity contribution in [3.05, 3.63) is 76.4 Å². The van der Waals surface area contributed by atoms with Crippen molar-refractivity contribution < 1.29 is 4.79 Å². The summed E-state index contributed by atoms with van der Waals surface area (Å²) in [4.78, 5) is 17.1. The number of carbonyl (C=O) groups excluding carboxylic acids is 1. The number of rotatable bonds is 4. The van der Waals surface area contributed by atoms with Gasteiger partial charge in [0.2, 0.25) is 0 Å². The SMILES string of the molecule is Cc1cc(C)c(NC(=O)N[C@@H](c2ccccc2)c2n[nH]c(C)n2)c(C)c1. The molecule has 0 aliphatic heterocycles. The summed E-state index contributed by atoms with van der Waals surface area (Å²) in [7, 11) is 0. The maximum atomic E-state index is 12.7. The summed E-state index contributed by atoms with van der Waals surface area (Å²) < 4.78 is 0. The summed E-state index contributed by atoms with van der Waals surface area (Å²) in [5, 5.41) is 13.0. The zero-order valence-corrected chi connectivity index (χ0v) is 15.4. The maximum Gasteiger partial charge on any atom is 0.320 e. The van der Waals surface area contributed by atoms with Crippen molar-refractivity contribution in [2.75, 3.05) is 5.32 Å². The topological polar surface area (TPSA) is 82.7 Å². The molecule has 3 aromatic rings. The normalized spacial score (nSPS) is 11.8. The number of hydrogen-bond donors (Lipinski definition) is 3. The van der Waals surface area contributed by atoms with Gasteiger partial charge in [0.15, 0.2) is 5.82 Å². The minimum absolute atomic E-state index is 0.295. The van der Waals surface area contributed by atoms with Gasteiger partial charge in [-0.25, -0.2) is 9.78 Å². The van der Waals surface area contributed by atoms with E-state index >= 15 is 0 Å². The molecule has 1 atom stereocenters. The van der Waals surface area contributed by atoms with Crippen molar-refractivity contribution in [1.82, 2.24) is 20.5 Å². The van der Waals surface area contributed by atoms with Crippen LogP contribution in [0.2, 0.25) is 0 Å². The molecule has 26 heavy (non-hydrogen) atoms. The molecule has 2 amide bonds. The van der Waals surface area contributed by atoms with E-state index in [-0.39, 0.29) is 6.03 Å². The van der Waals surface area contributed by atoms with Crippen molar-refractivity contribution in [1.29, 1.82) is 0 Å². The highest BCUT2D eigenvalue weighted by Gasteiger charge is 2.21. The first-order valence-electron chi connectivity index (χ1n) is 8.53. The summed E-state index contributed by atoms with van der Waals surface area (Å²) in [5.41, 5.74) is 4.97. The minimum atomic E-state index is -0.438. The van der Waals surface area contributed by atoms with E-state index in [1.807, 2.05) is 58.0 Å². The molecular weight excluding hydrogens is 326 g/mol. The van der Waals surface area contributed by atoms with Crippen LogP contribution in [0.4, 0.5) is 10.5 Å². The summed E-state index contributed by atoms with van der Waals surface area (Å²) in [6, 6.07) is 13.0. The molecule has 0 saturated carbocycles. The number of aromatic nitrogens is 3. The summed E-state index contributed by atoms with van der Waals surface area (Å²) in [6.07, 6.45) is 0. The zero-order chi connectivity index (χ0) is 18.7. The minimum Gasteiger partial charge on any atom is -0.324 e. The lowest BCUT2D eigenvalue weighted by atomic mass is 10.0. The standard InChI is InChI=1S/C20H23N5O/c1-12-10-13(2)17(14(3)11-12)22-20(26)23-18(16-8-6-5-7-9-16)19-21-15(4)24-25-19/h5-11,18H,1-4H3,(H,21,24,25)(H2,22,23,26)/t18-/m0/s1. The maximum absolute atomic E-state index is 12.7. The van der Waals surface area contributed by atoms with Gasteiger partial charge in [-0.2, -0.15) is 5.10 Å². The highest BCUT2D eigenvalue weighted by molar-refractivity contribution is 5.91. The van der Waals surface area contributed by atoms with Crippen molar-refractivity contribution in [3.8, 4) is 0 Å². The molecule has 0 aliphatic rings. The van der Waals surface area contributed by atoms with Crippen LogP contribution in [0.15, 0.2) is 42.5 Å². The van der Waals surface area contributed by atoms with Crippen LogP contribution in [0.25, 0.3) is 0 Å². The number of nitrogens with one attached hydrogen (secondary N) is 3. The van der Waals surface area contributed by atoms with Gasteiger partial charge < -0.3 is 10.6 Å². The number of anilines is 1. The lowest BCUT2D eigenvalue weighted by Gasteiger charge is -2.18. The molecule has 1 aromatic heterocycles. The quantitative estimate of drug-likeness (QED) is 0.667. The third kappa shape index (κ3) is 3.91. The predicted octanol–water partition coefficient (Wildman–Crippen LogP) is 3.95. The molecule has 2 aromatic carbocycles. The number of hydrogen-bond acceptors (Lipinski definition) is 3. The second-order valence-corrected chi connectivity index (χ2v) is 6.49. The van der Waals surface area contributed by atoms with Crippen molar-refractivity contribution in [2.45, 2.75) is 33.7 Å². The van der Waals surface area contributed by atoms with Crippen LogP contribution >= 0.6 is 0 Å². The Balaban J connectivity index is 1.84. The smallest absolute Gasteiger partial charge is 0.320 e. The van der Waals surface area contributed by atoms with E-state index in [4.69, 9.17) is 0 Å². The number of benzene rings is 2. The van der Waals surface area contributed by atoms with Gasteiger partial charge in [0.1, 0.15) is 11.9 Å². The third-order valence-electron chi connectivity index (χ3n) is 4.20. The van der Waals surface area contributed by atoms with Gasteiger partial charge >= 0.3 is 6.03 Å². The molecule has 3 rings (SSSR count). The van der Waals surface area contributed by atoms with Crippen LogP contribution in [-0.4, -0.2) is 21.2 Å². The Morgan fingerprint density at radius 1 is 1.04 bits per heavy atom. The van der Waals surface area contributed by atoms with E-state index in [0.29, 0.717) is 11.6 Å². The number of H-pyrrole nitrogens is 1. The average Bonchev–Trinajstić information content (AvgIpc) is 3.03. The molecular formula is C20H23N5O. The van der Waals surface area contributed by atoms with Gasteiger partial charge in [0, 0.05) is 5.69 Å². The van der Waals surface area contributed by atoms with Crippen LogP contribution < -0.4 is 10.6 Å². The van der Waals surface area contributed by atoms with E-state index < -0.39 is 6.04 Å². The fraction of sp³-hybridized carbons (Fsp3) is 0.250. The molecule has 0 fully saturated rings. The molecule has 6 heteroatoms. The van der Waals surface area contributed by atoms with Crippen LogP contribution in [0.5, 0.6) is 0 Å². The van der Waals surface area contributed by atoms with Gasteiger partial charge in [-0.3, -0.25) is 5.10 Å². The Kier molecular flexibility index (Phi) is 5.02. The molecule has 3 N–H and O–H groups in total. The summed E-state index contributed by atoms with van der Waals surface area (Å²) in [5.74, 6) is 1.23. The fourth-order valence-electron chi connectivity index (χ4n) is 3.09. The molecule has 134 valence electrons. The van der Waals surface area contributed by atoms with Crippen molar-refractivity contribution in [2.24, 2.45) is 0 Å². The second-order valence-electron chi connectivity index (χ2n) is 6.49. The first kappa shape index (κ1) is 17.7. The van der Waals surface area contributed by atoms with Crippen molar-refractivity contribution >= 4 is 11.7 Å². The number of urea groups is 1. The lowest BCUT2D eigenvalue weighted by Crippen LogP contribution is -2.34. The predicted molar refractivity (Wildman–Crippen MR) is 102 cm³/mol. The second kappa shape index (κ2) is 7.39. The van der Waals surface area contributed by atoms with Gasteiger partial charge in [-0.1, -0.05) is 48.0 Å². The van der Waals surface area contributed by atoms with Crippen LogP contribution in [0, 0.1) is 27.7 Å². The first-order valence-corrected chi connectivity index (χ1v) is 8.53. The fourth-order valence-corrected chi connectivity index (χ4v) is 3.09. The average molecular weight is 349 g/mol. The summed E-state index contributed by atoms with van der Waals surface area (Å²) in [6.45, 7) is 7.85. The number of carbonyl (C=O) groups is 1. The summed E-state index contributed by atoms with van der Waals surface area (Å²) >= 11 is 0. The van der Waals surface area contributed by atoms with Crippen molar-refractivity contribution in [3.63, 3.8) is 0 Å². The van der Waals surface area contributed by atoms with E-state index in [1.54, 1.807) is 0 Å². The third-order valence-corrected chi connectivity index (χ3v) is 4.20. The largest absolute Gasteiger partial charge is 0.324 e.